The lowest BCUT2D eigenvalue weighted by Gasteiger charge is -2.31. The molecule has 1 saturated heterocycles. The summed E-state index contributed by atoms with van der Waals surface area (Å²) in [5.74, 6) is 0. The van der Waals surface area contributed by atoms with Crippen molar-refractivity contribution in [2.45, 2.75) is 41.6 Å². The van der Waals surface area contributed by atoms with Gasteiger partial charge in [-0.1, -0.05) is 22.6 Å². The van der Waals surface area contributed by atoms with Crippen molar-refractivity contribution in [1.82, 2.24) is 4.90 Å². The van der Waals surface area contributed by atoms with Gasteiger partial charge >= 0.3 is 0 Å². The maximum absolute atomic E-state index is 2.61. The standard InChI is InChI=1S/C9H16IN/c1-11-6-2-4-9(11)5-3-8(10)7-9/h8H,2-7H2,1H3/t8-,9+/m0/s1. The highest BCUT2D eigenvalue weighted by molar-refractivity contribution is 14.1. The topological polar surface area (TPSA) is 3.24 Å². The Bertz CT molecular complexity index is 160. The van der Waals surface area contributed by atoms with E-state index in [1.165, 1.54) is 38.6 Å². The van der Waals surface area contributed by atoms with Gasteiger partial charge < -0.3 is 4.90 Å². The minimum atomic E-state index is 0.645. The molecular formula is C9H16IN. The molecule has 1 aliphatic carbocycles. The molecule has 0 amide bonds. The number of nitrogens with zero attached hydrogens (tertiary/aromatic N) is 1. The molecule has 0 unspecified atom stereocenters. The quantitative estimate of drug-likeness (QED) is 0.480. The van der Waals surface area contributed by atoms with E-state index in [-0.39, 0.29) is 0 Å². The molecule has 1 nitrogen and oxygen atoms in total. The predicted octanol–water partition coefficient (Wildman–Crippen LogP) is 2.44. The van der Waals surface area contributed by atoms with Crippen molar-refractivity contribution in [2.75, 3.05) is 13.6 Å². The number of hydrogen-bond acceptors (Lipinski definition) is 1. The maximum Gasteiger partial charge on any atom is 0.0217 e. The molecule has 1 saturated carbocycles. The highest BCUT2D eigenvalue weighted by atomic mass is 127. The molecule has 0 N–H and O–H groups in total. The summed E-state index contributed by atoms with van der Waals surface area (Å²) in [5.41, 5.74) is 0.645. The minimum absolute atomic E-state index is 0.645. The van der Waals surface area contributed by atoms with E-state index in [2.05, 4.69) is 34.5 Å². The second-order valence-electron chi connectivity index (χ2n) is 4.09. The summed E-state index contributed by atoms with van der Waals surface area (Å²) in [7, 11) is 2.31. The number of rotatable bonds is 0. The Morgan fingerprint density at radius 1 is 1.45 bits per heavy atom. The Morgan fingerprint density at radius 2 is 2.27 bits per heavy atom. The molecule has 2 fully saturated rings. The van der Waals surface area contributed by atoms with Crippen molar-refractivity contribution in [3.63, 3.8) is 0 Å². The molecule has 2 atom stereocenters. The predicted molar refractivity (Wildman–Crippen MR) is 56.3 cm³/mol. The second-order valence-corrected chi connectivity index (χ2v) is 5.85. The molecular weight excluding hydrogens is 249 g/mol. The fraction of sp³-hybridized carbons (Fsp3) is 1.00. The van der Waals surface area contributed by atoms with Crippen molar-refractivity contribution in [2.24, 2.45) is 0 Å². The summed E-state index contributed by atoms with van der Waals surface area (Å²) in [6, 6.07) is 0. The number of likely N-dealkylation sites (tertiary alicyclic amines) is 1. The number of hydrogen-bond donors (Lipinski definition) is 0. The molecule has 2 aliphatic rings. The van der Waals surface area contributed by atoms with E-state index in [0.717, 1.165) is 3.92 Å². The average Bonchev–Trinajstić information content (AvgIpc) is 2.46. The Hall–Kier alpha value is 0.690. The third-order valence-electron chi connectivity index (χ3n) is 3.47. The number of halogens is 1. The molecule has 1 spiro atoms. The molecule has 11 heavy (non-hydrogen) atoms. The largest absolute Gasteiger partial charge is 0.301 e. The van der Waals surface area contributed by atoms with Gasteiger partial charge in [-0.15, -0.1) is 0 Å². The summed E-state index contributed by atoms with van der Waals surface area (Å²) in [5, 5.41) is 0. The molecule has 0 aromatic heterocycles. The molecule has 0 radical (unpaired) electrons. The SMILES string of the molecule is CN1CCC[C@]12CC[C@H](I)C2. The van der Waals surface area contributed by atoms with Crippen molar-refractivity contribution in [3.05, 3.63) is 0 Å². The first kappa shape index (κ1) is 8.30. The monoisotopic (exact) mass is 265 g/mol. The Labute approximate surface area is 82.7 Å². The van der Waals surface area contributed by atoms with Crippen LogP contribution < -0.4 is 0 Å². The summed E-state index contributed by atoms with van der Waals surface area (Å²) in [4.78, 5) is 2.60. The molecule has 1 aliphatic heterocycles. The molecule has 0 aromatic rings. The van der Waals surface area contributed by atoms with Crippen molar-refractivity contribution in [3.8, 4) is 0 Å². The first-order valence-corrected chi connectivity index (χ1v) is 5.83. The first-order chi connectivity index (χ1) is 5.23. The molecule has 1 heterocycles. The molecule has 0 aromatic carbocycles. The lowest BCUT2D eigenvalue weighted by Crippen LogP contribution is -2.38. The summed E-state index contributed by atoms with van der Waals surface area (Å²) < 4.78 is 0.952. The van der Waals surface area contributed by atoms with Gasteiger partial charge in [0, 0.05) is 9.46 Å². The van der Waals surface area contributed by atoms with E-state index >= 15 is 0 Å². The molecule has 2 rings (SSSR count). The van der Waals surface area contributed by atoms with E-state index in [1.54, 1.807) is 0 Å². The summed E-state index contributed by atoms with van der Waals surface area (Å²) >= 11 is 2.61. The fourth-order valence-corrected chi connectivity index (χ4v) is 3.82. The normalized spacial score (nSPS) is 45.8. The Balaban J connectivity index is 2.10. The van der Waals surface area contributed by atoms with Crippen LogP contribution in [0.1, 0.15) is 32.1 Å². The van der Waals surface area contributed by atoms with Gasteiger partial charge in [0.2, 0.25) is 0 Å². The molecule has 2 heteroatoms. The zero-order valence-electron chi connectivity index (χ0n) is 7.15. The van der Waals surface area contributed by atoms with E-state index in [4.69, 9.17) is 0 Å². The van der Waals surface area contributed by atoms with Crippen molar-refractivity contribution in [1.29, 1.82) is 0 Å². The highest BCUT2D eigenvalue weighted by Crippen LogP contribution is 2.44. The maximum atomic E-state index is 2.61. The first-order valence-electron chi connectivity index (χ1n) is 4.58. The van der Waals surface area contributed by atoms with Gasteiger partial charge in [0.1, 0.15) is 0 Å². The second kappa shape index (κ2) is 2.87. The summed E-state index contributed by atoms with van der Waals surface area (Å²) in [6.07, 6.45) is 7.24. The lowest BCUT2D eigenvalue weighted by atomic mass is 9.95. The van der Waals surface area contributed by atoms with Gasteiger partial charge in [0.25, 0.3) is 0 Å². The van der Waals surface area contributed by atoms with Crippen LogP contribution >= 0.6 is 22.6 Å². The van der Waals surface area contributed by atoms with E-state index in [9.17, 15) is 0 Å². The lowest BCUT2D eigenvalue weighted by molar-refractivity contribution is 0.181. The third-order valence-corrected chi connectivity index (χ3v) is 4.53. The third kappa shape index (κ3) is 1.32. The van der Waals surface area contributed by atoms with Gasteiger partial charge in [0.05, 0.1) is 0 Å². The van der Waals surface area contributed by atoms with Crippen LogP contribution in [-0.2, 0) is 0 Å². The van der Waals surface area contributed by atoms with E-state index in [1.807, 2.05) is 0 Å². The van der Waals surface area contributed by atoms with Crippen LogP contribution in [0.2, 0.25) is 0 Å². The van der Waals surface area contributed by atoms with Crippen LogP contribution in [0.25, 0.3) is 0 Å². The highest BCUT2D eigenvalue weighted by Gasteiger charge is 2.43. The zero-order chi connectivity index (χ0) is 7.90. The van der Waals surface area contributed by atoms with Crippen LogP contribution in [0.15, 0.2) is 0 Å². The number of alkyl halides is 1. The van der Waals surface area contributed by atoms with Gasteiger partial charge in [-0.05, 0) is 45.7 Å². The van der Waals surface area contributed by atoms with Gasteiger partial charge in [0.15, 0.2) is 0 Å². The Morgan fingerprint density at radius 3 is 2.73 bits per heavy atom. The minimum Gasteiger partial charge on any atom is -0.301 e. The zero-order valence-corrected chi connectivity index (χ0v) is 9.30. The molecule has 0 bridgehead atoms. The average molecular weight is 265 g/mol. The van der Waals surface area contributed by atoms with Crippen molar-refractivity contribution >= 4 is 22.6 Å². The van der Waals surface area contributed by atoms with Crippen LogP contribution in [-0.4, -0.2) is 28.0 Å². The Kier molecular flexibility index (Phi) is 2.17. The molecule has 64 valence electrons. The van der Waals surface area contributed by atoms with Gasteiger partial charge in [-0.2, -0.15) is 0 Å². The van der Waals surface area contributed by atoms with Crippen molar-refractivity contribution < 1.29 is 0 Å². The van der Waals surface area contributed by atoms with E-state index in [0.29, 0.717) is 5.54 Å². The fourth-order valence-electron chi connectivity index (χ4n) is 2.69. The van der Waals surface area contributed by atoms with Gasteiger partial charge in [-0.25, -0.2) is 0 Å². The van der Waals surface area contributed by atoms with Gasteiger partial charge in [-0.3, -0.25) is 0 Å². The van der Waals surface area contributed by atoms with Crippen LogP contribution in [0.4, 0.5) is 0 Å². The van der Waals surface area contributed by atoms with E-state index < -0.39 is 0 Å². The van der Waals surface area contributed by atoms with Crippen LogP contribution in [0.3, 0.4) is 0 Å². The summed E-state index contributed by atoms with van der Waals surface area (Å²) in [6.45, 7) is 1.34. The smallest absolute Gasteiger partial charge is 0.0217 e. The van der Waals surface area contributed by atoms with Crippen LogP contribution in [0, 0.1) is 0 Å². The van der Waals surface area contributed by atoms with Crippen LogP contribution in [0.5, 0.6) is 0 Å².